The predicted octanol–water partition coefficient (Wildman–Crippen LogP) is 4.39. The van der Waals surface area contributed by atoms with Crippen molar-refractivity contribution in [2.75, 3.05) is 18.4 Å². The molecule has 180 valence electrons. The van der Waals surface area contributed by atoms with Gasteiger partial charge in [-0.1, -0.05) is 6.07 Å². The summed E-state index contributed by atoms with van der Waals surface area (Å²) in [6.45, 7) is 1.21. The van der Waals surface area contributed by atoms with E-state index in [1.54, 1.807) is 0 Å². The van der Waals surface area contributed by atoms with Crippen LogP contribution in [0.25, 0.3) is 11.4 Å². The Balaban J connectivity index is 1.83. The van der Waals surface area contributed by atoms with Gasteiger partial charge in [0.2, 0.25) is 5.95 Å². The maximum atomic E-state index is 14.6. The number of halogens is 5. The van der Waals surface area contributed by atoms with E-state index in [0.717, 1.165) is 23.4 Å². The minimum atomic E-state index is -3.11. The molecule has 7 nitrogen and oxygen atoms in total. The zero-order valence-corrected chi connectivity index (χ0v) is 18.2. The Labute approximate surface area is 192 Å². The molecule has 0 spiro atoms. The van der Waals surface area contributed by atoms with E-state index >= 15 is 0 Å². The molecule has 1 N–H and O–H groups in total. The van der Waals surface area contributed by atoms with Crippen LogP contribution in [0.1, 0.15) is 29.8 Å². The van der Waals surface area contributed by atoms with Crippen LogP contribution in [0.2, 0.25) is 0 Å². The molecular formula is C22H21F5N6O. The SMILES string of the molecule is C[C@@H](CNc1ncc(C(C)(F)F)cn1)N(CC(F)F)C(=O)c1cccc(F)c1-c1ncccn1. The van der Waals surface area contributed by atoms with E-state index in [1.807, 2.05) is 0 Å². The molecule has 0 aliphatic rings. The number of nitrogens with one attached hydrogen (secondary N) is 1. The van der Waals surface area contributed by atoms with Crippen molar-refractivity contribution >= 4 is 11.9 Å². The third-order valence-electron chi connectivity index (χ3n) is 4.88. The Morgan fingerprint density at radius 2 is 1.74 bits per heavy atom. The van der Waals surface area contributed by atoms with E-state index in [-0.39, 0.29) is 35.0 Å². The first-order valence-electron chi connectivity index (χ1n) is 10.2. The number of benzene rings is 1. The highest BCUT2D eigenvalue weighted by atomic mass is 19.3. The van der Waals surface area contributed by atoms with Crippen molar-refractivity contribution < 1.29 is 26.7 Å². The van der Waals surface area contributed by atoms with Crippen molar-refractivity contribution in [2.45, 2.75) is 32.2 Å². The summed E-state index contributed by atoms with van der Waals surface area (Å²) in [5, 5.41) is 2.74. The van der Waals surface area contributed by atoms with Crippen LogP contribution < -0.4 is 5.32 Å². The fraction of sp³-hybridized carbons (Fsp3) is 0.318. The van der Waals surface area contributed by atoms with E-state index in [9.17, 15) is 26.7 Å². The Morgan fingerprint density at radius 3 is 2.32 bits per heavy atom. The summed E-state index contributed by atoms with van der Waals surface area (Å²) in [6, 6.07) is 4.40. The number of alkyl halides is 4. The fourth-order valence-corrected chi connectivity index (χ4v) is 3.12. The van der Waals surface area contributed by atoms with Gasteiger partial charge in [0.25, 0.3) is 18.3 Å². The topological polar surface area (TPSA) is 83.9 Å². The quantitative estimate of drug-likeness (QED) is 0.458. The highest BCUT2D eigenvalue weighted by Gasteiger charge is 2.29. The van der Waals surface area contributed by atoms with Crippen LogP contribution in [-0.4, -0.2) is 56.3 Å². The van der Waals surface area contributed by atoms with Gasteiger partial charge in [-0.25, -0.2) is 41.9 Å². The van der Waals surface area contributed by atoms with E-state index in [1.165, 1.54) is 37.5 Å². The van der Waals surface area contributed by atoms with Gasteiger partial charge < -0.3 is 10.2 Å². The molecule has 3 rings (SSSR count). The minimum absolute atomic E-state index is 0.0200. The van der Waals surface area contributed by atoms with Crippen LogP contribution in [-0.2, 0) is 5.92 Å². The van der Waals surface area contributed by atoms with Gasteiger partial charge in [0.15, 0.2) is 5.82 Å². The number of nitrogens with zero attached hydrogens (tertiary/aromatic N) is 5. The summed E-state index contributed by atoms with van der Waals surface area (Å²) in [5.74, 6) is -4.82. The summed E-state index contributed by atoms with van der Waals surface area (Å²) in [5.41, 5.74) is -0.765. The zero-order valence-electron chi connectivity index (χ0n) is 18.2. The predicted molar refractivity (Wildman–Crippen MR) is 114 cm³/mol. The normalized spacial score (nSPS) is 12.5. The van der Waals surface area contributed by atoms with Crippen molar-refractivity contribution in [3.8, 4) is 11.4 Å². The summed E-state index contributed by atoms with van der Waals surface area (Å²) >= 11 is 0. The molecule has 0 bridgehead atoms. The van der Waals surface area contributed by atoms with Gasteiger partial charge in [0, 0.05) is 44.3 Å². The lowest BCUT2D eigenvalue weighted by Crippen LogP contribution is -2.45. The molecule has 0 unspecified atom stereocenters. The van der Waals surface area contributed by atoms with Crippen LogP contribution in [0.3, 0.4) is 0 Å². The molecule has 1 atom stereocenters. The third kappa shape index (κ3) is 6.00. The second kappa shape index (κ2) is 10.5. The van der Waals surface area contributed by atoms with Gasteiger partial charge >= 0.3 is 0 Å². The van der Waals surface area contributed by atoms with Crippen molar-refractivity contribution in [2.24, 2.45) is 0 Å². The zero-order chi connectivity index (χ0) is 24.9. The standard InChI is InChI=1S/C22H21F5N6O/c1-13(9-30-21-31-10-14(11-32-21)22(2,26)27)33(12-17(24)25)20(34)15-5-3-6-16(23)18(15)19-28-7-4-8-29-19/h3-8,10-11,13,17H,9,12H2,1-2H3,(H,30,31,32)/t13-/m0/s1. The molecule has 0 saturated heterocycles. The molecule has 0 fully saturated rings. The first-order valence-corrected chi connectivity index (χ1v) is 10.2. The first kappa shape index (κ1) is 24.9. The number of anilines is 1. The summed E-state index contributed by atoms with van der Waals surface area (Å²) in [6.07, 6.45) is 1.76. The maximum absolute atomic E-state index is 14.6. The van der Waals surface area contributed by atoms with Crippen molar-refractivity contribution in [1.82, 2.24) is 24.8 Å². The average Bonchev–Trinajstić information content (AvgIpc) is 2.80. The van der Waals surface area contributed by atoms with Gasteiger partial charge in [0.1, 0.15) is 5.82 Å². The molecule has 12 heteroatoms. The monoisotopic (exact) mass is 480 g/mol. The van der Waals surface area contributed by atoms with E-state index < -0.39 is 36.7 Å². The van der Waals surface area contributed by atoms with Gasteiger partial charge in [-0.15, -0.1) is 0 Å². The number of carbonyl (C=O) groups is 1. The fourth-order valence-electron chi connectivity index (χ4n) is 3.12. The molecule has 0 aliphatic heterocycles. The van der Waals surface area contributed by atoms with E-state index in [0.29, 0.717) is 6.92 Å². The summed E-state index contributed by atoms with van der Waals surface area (Å²) < 4.78 is 67.9. The maximum Gasteiger partial charge on any atom is 0.273 e. The molecule has 3 aromatic rings. The highest BCUT2D eigenvalue weighted by Crippen LogP contribution is 2.27. The molecule has 0 radical (unpaired) electrons. The third-order valence-corrected chi connectivity index (χ3v) is 4.88. The number of hydrogen-bond donors (Lipinski definition) is 1. The molecule has 2 heterocycles. The smallest absolute Gasteiger partial charge is 0.273 e. The van der Waals surface area contributed by atoms with Crippen molar-refractivity contribution in [3.05, 3.63) is 66.0 Å². The molecule has 1 aromatic carbocycles. The average molecular weight is 480 g/mol. The lowest BCUT2D eigenvalue weighted by molar-refractivity contribution is 0.0167. The van der Waals surface area contributed by atoms with Crippen LogP contribution in [0, 0.1) is 5.82 Å². The molecule has 1 amide bonds. The van der Waals surface area contributed by atoms with Crippen molar-refractivity contribution in [1.29, 1.82) is 0 Å². The molecule has 2 aromatic heterocycles. The van der Waals surface area contributed by atoms with E-state index in [2.05, 4.69) is 25.3 Å². The minimum Gasteiger partial charge on any atom is -0.352 e. The number of aromatic nitrogens is 4. The lowest BCUT2D eigenvalue weighted by Gasteiger charge is -2.30. The Kier molecular flexibility index (Phi) is 7.69. The van der Waals surface area contributed by atoms with Crippen LogP contribution in [0.5, 0.6) is 0 Å². The van der Waals surface area contributed by atoms with Crippen LogP contribution in [0.4, 0.5) is 27.9 Å². The van der Waals surface area contributed by atoms with Gasteiger partial charge in [-0.2, -0.15) is 0 Å². The largest absolute Gasteiger partial charge is 0.352 e. The second-order valence-electron chi connectivity index (χ2n) is 7.50. The number of rotatable bonds is 9. The Hall–Kier alpha value is -3.70. The van der Waals surface area contributed by atoms with Gasteiger partial charge in [0.05, 0.1) is 23.2 Å². The number of carbonyl (C=O) groups excluding carboxylic acids is 1. The summed E-state index contributed by atoms with van der Waals surface area (Å²) in [4.78, 5) is 29.6. The van der Waals surface area contributed by atoms with Gasteiger partial charge in [-0.3, -0.25) is 4.79 Å². The second-order valence-corrected chi connectivity index (χ2v) is 7.50. The van der Waals surface area contributed by atoms with E-state index in [4.69, 9.17) is 0 Å². The van der Waals surface area contributed by atoms with Gasteiger partial charge in [-0.05, 0) is 25.1 Å². The molecule has 0 aliphatic carbocycles. The van der Waals surface area contributed by atoms with Crippen LogP contribution in [0.15, 0.2) is 49.1 Å². The molecule has 0 saturated carbocycles. The summed E-state index contributed by atoms with van der Waals surface area (Å²) in [7, 11) is 0. The first-order chi connectivity index (χ1) is 16.1. The Morgan fingerprint density at radius 1 is 1.09 bits per heavy atom. The number of amides is 1. The lowest BCUT2D eigenvalue weighted by atomic mass is 10.0. The highest BCUT2D eigenvalue weighted by molar-refractivity contribution is 6.00. The number of hydrogen-bond acceptors (Lipinski definition) is 6. The van der Waals surface area contributed by atoms with Crippen LogP contribution >= 0.6 is 0 Å². The molecule has 34 heavy (non-hydrogen) atoms. The Bertz CT molecular complexity index is 1110. The van der Waals surface area contributed by atoms with Crippen molar-refractivity contribution in [3.63, 3.8) is 0 Å². The molecular weight excluding hydrogens is 459 g/mol.